The molecule has 4 rings (SSSR count). The molecule has 120 valence electrons. The van der Waals surface area contributed by atoms with Crippen molar-refractivity contribution in [1.82, 2.24) is 14.9 Å². The first-order chi connectivity index (χ1) is 11.0. The number of halogens is 1. The number of carbonyl (C=O) groups is 2. The molecule has 0 spiro atoms. The zero-order valence-electron chi connectivity index (χ0n) is 12.3. The summed E-state index contributed by atoms with van der Waals surface area (Å²) in [5, 5.41) is 9.40. The normalized spacial score (nSPS) is 24.3. The molecular weight excluding hydrogens is 301 g/mol. The fourth-order valence-corrected chi connectivity index (χ4v) is 3.61. The summed E-state index contributed by atoms with van der Waals surface area (Å²) in [5.41, 5.74) is 1.06. The van der Waals surface area contributed by atoms with E-state index in [-0.39, 0.29) is 23.9 Å². The van der Waals surface area contributed by atoms with Gasteiger partial charge in [-0.2, -0.15) is 0 Å². The minimum absolute atomic E-state index is 0.000293. The molecule has 2 atom stereocenters. The summed E-state index contributed by atoms with van der Waals surface area (Å²) in [5.74, 6) is -1.86. The summed E-state index contributed by atoms with van der Waals surface area (Å²) in [7, 11) is 0. The van der Waals surface area contributed by atoms with Crippen LogP contribution in [0.2, 0.25) is 0 Å². The van der Waals surface area contributed by atoms with Gasteiger partial charge in [-0.15, -0.1) is 0 Å². The first kappa shape index (κ1) is 14.2. The Morgan fingerprint density at radius 2 is 2.09 bits per heavy atom. The van der Waals surface area contributed by atoms with Gasteiger partial charge in [-0.25, -0.2) is 9.37 Å². The number of rotatable bonds is 3. The zero-order chi connectivity index (χ0) is 16.1. The first-order valence-electron chi connectivity index (χ1n) is 7.69. The van der Waals surface area contributed by atoms with Crippen LogP contribution in [0.25, 0.3) is 11.0 Å². The van der Waals surface area contributed by atoms with Gasteiger partial charge in [-0.05, 0) is 36.8 Å². The van der Waals surface area contributed by atoms with Crippen LogP contribution in [0.15, 0.2) is 18.5 Å². The number of hydrogen-bond acceptors (Lipinski definition) is 3. The molecule has 6 nitrogen and oxygen atoms in total. The maximum absolute atomic E-state index is 13.7. The number of imidazole rings is 1. The van der Waals surface area contributed by atoms with Crippen molar-refractivity contribution >= 4 is 22.9 Å². The number of carboxylic acid groups (broad SMARTS) is 1. The summed E-state index contributed by atoms with van der Waals surface area (Å²) in [4.78, 5) is 32.7. The predicted molar refractivity (Wildman–Crippen MR) is 79.3 cm³/mol. The van der Waals surface area contributed by atoms with Crippen molar-refractivity contribution in [2.24, 2.45) is 17.8 Å². The number of fused-ring (bicyclic) bond motifs is 1. The molecule has 1 aliphatic carbocycles. The minimum atomic E-state index is -0.860. The largest absolute Gasteiger partial charge is 0.481 e. The SMILES string of the molecule is O=C(O)[C@H]1CN(C(=O)c2cc(F)cc3[nH]cnc23)C[C@@H]1C1CC1. The van der Waals surface area contributed by atoms with Gasteiger partial charge in [0.25, 0.3) is 5.91 Å². The monoisotopic (exact) mass is 317 g/mol. The lowest BCUT2D eigenvalue weighted by molar-refractivity contribution is -0.142. The zero-order valence-corrected chi connectivity index (χ0v) is 12.3. The maximum Gasteiger partial charge on any atom is 0.308 e. The molecule has 1 saturated carbocycles. The van der Waals surface area contributed by atoms with Gasteiger partial charge in [-0.1, -0.05) is 0 Å². The Kier molecular flexibility index (Phi) is 3.11. The Hall–Kier alpha value is -2.44. The van der Waals surface area contributed by atoms with E-state index in [1.54, 1.807) is 0 Å². The van der Waals surface area contributed by atoms with Crippen LogP contribution in [0.1, 0.15) is 23.2 Å². The number of nitrogens with zero attached hydrogens (tertiary/aromatic N) is 2. The second-order valence-corrected chi connectivity index (χ2v) is 6.41. The number of hydrogen-bond donors (Lipinski definition) is 2. The van der Waals surface area contributed by atoms with Gasteiger partial charge in [0.1, 0.15) is 11.3 Å². The number of aliphatic carboxylic acids is 1. The van der Waals surface area contributed by atoms with Crippen molar-refractivity contribution in [2.45, 2.75) is 12.8 Å². The van der Waals surface area contributed by atoms with Gasteiger partial charge in [-0.3, -0.25) is 9.59 Å². The fourth-order valence-electron chi connectivity index (χ4n) is 3.61. The number of carbonyl (C=O) groups excluding carboxylic acids is 1. The van der Waals surface area contributed by atoms with Crippen LogP contribution in [0.4, 0.5) is 4.39 Å². The van der Waals surface area contributed by atoms with Gasteiger partial charge < -0.3 is 15.0 Å². The van der Waals surface area contributed by atoms with Crippen molar-refractivity contribution in [3.05, 3.63) is 29.8 Å². The van der Waals surface area contributed by atoms with Crippen LogP contribution in [0, 0.1) is 23.6 Å². The maximum atomic E-state index is 13.7. The average Bonchev–Trinajstić information content (AvgIpc) is 3.08. The highest BCUT2D eigenvalue weighted by Gasteiger charge is 2.47. The number of amides is 1. The van der Waals surface area contributed by atoms with Gasteiger partial charge >= 0.3 is 5.97 Å². The van der Waals surface area contributed by atoms with Crippen LogP contribution in [0.5, 0.6) is 0 Å². The summed E-state index contributed by atoms with van der Waals surface area (Å²) in [6.07, 6.45) is 3.47. The Morgan fingerprint density at radius 3 is 2.78 bits per heavy atom. The highest BCUT2D eigenvalue weighted by Crippen LogP contribution is 2.44. The van der Waals surface area contributed by atoms with Gasteiger partial charge in [0, 0.05) is 13.1 Å². The molecule has 2 N–H and O–H groups in total. The number of H-pyrrole nitrogens is 1. The van der Waals surface area contributed by atoms with Gasteiger partial charge in [0.05, 0.1) is 23.3 Å². The number of aromatic nitrogens is 2. The van der Waals surface area contributed by atoms with E-state index in [1.165, 1.54) is 23.4 Å². The smallest absolute Gasteiger partial charge is 0.308 e. The highest BCUT2D eigenvalue weighted by atomic mass is 19.1. The molecule has 2 heterocycles. The molecule has 2 aromatic rings. The van der Waals surface area contributed by atoms with E-state index in [4.69, 9.17) is 0 Å². The summed E-state index contributed by atoms with van der Waals surface area (Å²) in [6, 6.07) is 2.46. The van der Waals surface area contributed by atoms with Crippen LogP contribution in [-0.2, 0) is 4.79 Å². The lowest BCUT2D eigenvalue weighted by Gasteiger charge is -2.16. The lowest BCUT2D eigenvalue weighted by Crippen LogP contribution is -2.30. The van der Waals surface area contributed by atoms with E-state index >= 15 is 0 Å². The minimum Gasteiger partial charge on any atom is -0.481 e. The van der Waals surface area contributed by atoms with Crippen LogP contribution >= 0.6 is 0 Å². The highest BCUT2D eigenvalue weighted by molar-refractivity contribution is 6.05. The third-order valence-electron chi connectivity index (χ3n) is 4.92. The van der Waals surface area contributed by atoms with E-state index in [9.17, 15) is 19.1 Å². The van der Waals surface area contributed by atoms with Crippen molar-refractivity contribution < 1.29 is 19.1 Å². The Balaban J connectivity index is 1.66. The van der Waals surface area contributed by atoms with Crippen LogP contribution < -0.4 is 0 Å². The number of carboxylic acids is 1. The second-order valence-electron chi connectivity index (χ2n) is 6.41. The summed E-state index contributed by atoms with van der Waals surface area (Å²) < 4.78 is 13.7. The molecule has 1 amide bonds. The summed E-state index contributed by atoms with van der Waals surface area (Å²) in [6.45, 7) is 0.598. The number of nitrogens with one attached hydrogen (secondary N) is 1. The standard InChI is InChI=1S/C16H16FN3O3/c17-9-3-10(14-13(4-9)18-7-19-14)15(21)20-5-11(8-1-2-8)12(6-20)16(22)23/h3-4,7-8,11-12H,1-2,5-6H2,(H,18,19)(H,22,23)/t11-,12+/m1/s1. The Labute approximate surface area is 131 Å². The molecule has 23 heavy (non-hydrogen) atoms. The van der Waals surface area contributed by atoms with Crippen LogP contribution in [0.3, 0.4) is 0 Å². The molecule has 1 aliphatic heterocycles. The molecule has 2 fully saturated rings. The van der Waals surface area contributed by atoms with Crippen molar-refractivity contribution in [3.63, 3.8) is 0 Å². The van der Waals surface area contributed by atoms with Gasteiger partial charge in [0.15, 0.2) is 0 Å². The number of aromatic amines is 1. The average molecular weight is 317 g/mol. The molecule has 0 bridgehead atoms. The molecule has 1 aromatic carbocycles. The molecule has 1 aromatic heterocycles. The Bertz CT molecular complexity index is 799. The molecule has 0 radical (unpaired) electrons. The van der Waals surface area contributed by atoms with Crippen molar-refractivity contribution in [3.8, 4) is 0 Å². The molecule has 7 heteroatoms. The van der Waals surface area contributed by atoms with Crippen LogP contribution in [-0.4, -0.2) is 44.9 Å². The molecule has 2 aliphatic rings. The molecular formula is C16H16FN3O3. The second kappa shape index (κ2) is 5.04. The number of likely N-dealkylation sites (tertiary alicyclic amines) is 1. The quantitative estimate of drug-likeness (QED) is 0.905. The summed E-state index contributed by atoms with van der Waals surface area (Å²) >= 11 is 0. The van der Waals surface area contributed by atoms with E-state index in [0.29, 0.717) is 23.5 Å². The van der Waals surface area contributed by atoms with E-state index in [1.807, 2.05) is 0 Å². The van der Waals surface area contributed by atoms with Crippen molar-refractivity contribution in [2.75, 3.05) is 13.1 Å². The van der Waals surface area contributed by atoms with Crippen molar-refractivity contribution in [1.29, 1.82) is 0 Å². The third-order valence-corrected chi connectivity index (χ3v) is 4.92. The fraction of sp³-hybridized carbons (Fsp3) is 0.438. The first-order valence-corrected chi connectivity index (χ1v) is 7.69. The van der Waals surface area contributed by atoms with E-state index < -0.39 is 17.7 Å². The van der Waals surface area contributed by atoms with E-state index in [2.05, 4.69) is 9.97 Å². The lowest BCUT2D eigenvalue weighted by atomic mass is 9.92. The number of benzene rings is 1. The Morgan fingerprint density at radius 1 is 1.30 bits per heavy atom. The van der Waals surface area contributed by atoms with Gasteiger partial charge in [0.2, 0.25) is 0 Å². The topological polar surface area (TPSA) is 86.3 Å². The molecule has 1 saturated heterocycles. The van der Waals surface area contributed by atoms with E-state index in [0.717, 1.165) is 12.8 Å². The third kappa shape index (κ3) is 2.36. The predicted octanol–water partition coefficient (Wildman–Crippen LogP) is 1.88. The molecule has 0 unspecified atom stereocenters.